The van der Waals surface area contributed by atoms with Gasteiger partial charge in [-0.25, -0.2) is 10.0 Å². The van der Waals surface area contributed by atoms with E-state index < -0.39 is 0 Å². The molecule has 0 amide bonds. The molecule has 3 unspecified atom stereocenters. The largest absolute Gasteiger partial charge is 0.250 e. The van der Waals surface area contributed by atoms with E-state index in [0.29, 0.717) is 0 Å². The van der Waals surface area contributed by atoms with Crippen LogP contribution in [0, 0.1) is 17.8 Å². The second kappa shape index (κ2) is 11.9. The Morgan fingerprint density at radius 1 is 0.762 bits per heavy atom. The van der Waals surface area contributed by atoms with E-state index in [0.717, 1.165) is 17.8 Å². The molecule has 130 valence electrons. The molecule has 0 nitrogen and oxygen atoms in total. The first-order chi connectivity index (χ1) is 9.85. The maximum absolute atomic E-state index is 2.50. The molecule has 0 aromatic carbocycles. The summed E-state index contributed by atoms with van der Waals surface area (Å²) in [4.78, 5) is 0. The van der Waals surface area contributed by atoms with Crippen molar-refractivity contribution >= 4 is 10.0 Å². The second-order valence-electron chi connectivity index (χ2n) is 8.00. The summed E-state index contributed by atoms with van der Waals surface area (Å²) in [6, 6.07) is 0. The van der Waals surface area contributed by atoms with E-state index in [9.17, 15) is 0 Å². The minimum Gasteiger partial charge on any atom is -0.250 e. The highest BCUT2D eigenvalue weighted by Gasteiger charge is 2.25. The molecule has 1 heteroatoms. The molecule has 0 radical (unpaired) electrons. The van der Waals surface area contributed by atoms with E-state index in [1.165, 1.54) is 63.5 Å². The van der Waals surface area contributed by atoms with Crippen molar-refractivity contribution in [3.05, 3.63) is 0 Å². The lowest BCUT2D eigenvalue weighted by Crippen LogP contribution is -2.23. The fourth-order valence-electron chi connectivity index (χ4n) is 3.50. The van der Waals surface area contributed by atoms with Crippen LogP contribution in [0.15, 0.2) is 0 Å². The van der Waals surface area contributed by atoms with E-state index in [1.807, 2.05) is 0 Å². The molecule has 0 aliphatic carbocycles. The van der Waals surface area contributed by atoms with Crippen LogP contribution in [-0.2, 0) is 0 Å². The molecule has 0 heterocycles. The van der Waals surface area contributed by atoms with Gasteiger partial charge in [0.25, 0.3) is 0 Å². The van der Waals surface area contributed by atoms with Gasteiger partial charge in [-0.2, -0.15) is 0 Å². The van der Waals surface area contributed by atoms with Crippen molar-refractivity contribution in [2.45, 2.75) is 85.5 Å². The molecule has 0 aliphatic rings. The van der Waals surface area contributed by atoms with Gasteiger partial charge in [-0.1, -0.05) is 72.6 Å². The van der Waals surface area contributed by atoms with Gasteiger partial charge in [-0.05, 0) is 55.1 Å². The van der Waals surface area contributed by atoms with Crippen LogP contribution in [0.25, 0.3) is 0 Å². The van der Waals surface area contributed by atoms with Crippen LogP contribution in [0.3, 0.4) is 0 Å². The Bertz CT molecular complexity index is 228. The van der Waals surface area contributed by atoms with Gasteiger partial charge >= 0.3 is 0 Å². The predicted octanol–water partition coefficient (Wildman–Crippen LogP) is 7.12. The Kier molecular flexibility index (Phi) is 12.1. The third-order valence-corrected chi connectivity index (χ3v) is 6.71. The molecule has 0 aromatic heterocycles. The van der Waals surface area contributed by atoms with Gasteiger partial charge < -0.3 is 0 Å². The van der Waals surface area contributed by atoms with Crippen molar-refractivity contribution < 1.29 is 0 Å². The number of hydrogen-bond donors (Lipinski definition) is 0. The fraction of sp³-hybridized carbons (Fsp3) is 1.00. The summed E-state index contributed by atoms with van der Waals surface area (Å²) in [7, 11) is -0.328. The highest BCUT2D eigenvalue weighted by molar-refractivity contribution is 8.32. The van der Waals surface area contributed by atoms with Gasteiger partial charge in [-0.15, -0.1) is 0 Å². The lowest BCUT2D eigenvalue weighted by atomic mass is 9.75. The maximum Gasteiger partial charge on any atom is -0.0232 e. The normalized spacial score (nSPS) is 17.5. The van der Waals surface area contributed by atoms with Gasteiger partial charge in [0.2, 0.25) is 0 Å². The smallest absolute Gasteiger partial charge is 0.0232 e. The Morgan fingerprint density at radius 3 is 1.86 bits per heavy atom. The molecule has 0 rings (SSSR count). The maximum atomic E-state index is 2.50. The van der Waals surface area contributed by atoms with Crippen molar-refractivity contribution in [2.24, 2.45) is 17.8 Å². The predicted molar refractivity (Wildman–Crippen MR) is 105 cm³/mol. The summed E-state index contributed by atoms with van der Waals surface area (Å²) < 4.78 is 0. The van der Waals surface area contributed by atoms with E-state index in [4.69, 9.17) is 0 Å². The highest BCUT2D eigenvalue weighted by Crippen LogP contribution is 2.40. The molecule has 0 N–H and O–H groups in total. The summed E-state index contributed by atoms with van der Waals surface area (Å²) in [5.74, 6) is 4.33. The van der Waals surface area contributed by atoms with Crippen LogP contribution in [0.4, 0.5) is 0 Å². The van der Waals surface area contributed by atoms with Crippen LogP contribution in [0.1, 0.15) is 85.5 Å². The van der Waals surface area contributed by atoms with Crippen LogP contribution >= 0.6 is 10.0 Å². The third-order valence-electron chi connectivity index (χ3n) is 5.25. The van der Waals surface area contributed by atoms with Gasteiger partial charge in [0, 0.05) is 0 Å². The Morgan fingerprint density at radius 2 is 1.38 bits per heavy atom. The van der Waals surface area contributed by atoms with Gasteiger partial charge in [0.15, 0.2) is 0 Å². The van der Waals surface area contributed by atoms with Crippen LogP contribution in [0.5, 0.6) is 0 Å². The van der Waals surface area contributed by atoms with Gasteiger partial charge in [0.1, 0.15) is 0 Å². The lowest BCUT2D eigenvalue weighted by Gasteiger charge is -2.34. The topological polar surface area (TPSA) is 0 Å². The third kappa shape index (κ3) is 10.7. The van der Waals surface area contributed by atoms with E-state index >= 15 is 0 Å². The monoisotopic (exact) mass is 316 g/mol. The molecule has 0 bridgehead atoms. The number of rotatable bonds is 13. The SMILES string of the molecule is CCCCCCCC(C(C)CC)C(CC)CCS(C)(C)C. The summed E-state index contributed by atoms with van der Waals surface area (Å²) >= 11 is 0. The Balaban J connectivity index is 4.40. The molecule has 0 saturated carbocycles. The lowest BCUT2D eigenvalue weighted by molar-refractivity contribution is 0.203. The Labute approximate surface area is 138 Å². The molecule has 0 spiro atoms. The first-order valence-electron chi connectivity index (χ1n) is 9.51. The molecule has 0 saturated heterocycles. The zero-order valence-electron chi connectivity index (χ0n) is 16.2. The summed E-state index contributed by atoms with van der Waals surface area (Å²) in [6.45, 7) is 9.62. The molecule has 0 aliphatic heterocycles. The van der Waals surface area contributed by atoms with Crippen LogP contribution < -0.4 is 0 Å². The van der Waals surface area contributed by atoms with Gasteiger partial charge in [0.05, 0.1) is 0 Å². The fourth-order valence-corrected chi connectivity index (χ4v) is 4.51. The van der Waals surface area contributed by atoms with Crippen molar-refractivity contribution in [2.75, 3.05) is 24.5 Å². The summed E-state index contributed by atoms with van der Waals surface area (Å²) in [5, 5.41) is 0. The summed E-state index contributed by atoms with van der Waals surface area (Å²) in [5.41, 5.74) is 0. The van der Waals surface area contributed by atoms with Crippen molar-refractivity contribution in [1.29, 1.82) is 0 Å². The first kappa shape index (κ1) is 21.4. The quantitative estimate of drug-likeness (QED) is 0.317. The molecular weight excluding hydrogens is 272 g/mol. The van der Waals surface area contributed by atoms with Crippen molar-refractivity contribution in [1.82, 2.24) is 0 Å². The molecule has 0 fully saturated rings. The highest BCUT2D eigenvalue weighted by atomic mass is 32.3. The van der Waals surface area contributed by atoms with Crippen LogP contribution in [0.2, 0.25) is 0 Å². The average Bonchev–Trinajstić information content (AvgIpc) is 2.43. The standard InChI is InChI=1S/C20H44S/c1-8-11-12-13-14-15-20(18(4)9-2)19(10-3)16-17-21(5,6)7/h18-20H,8-17H2,1-7H3. The number of unbranched alkanes of at least 4 members (excludes halogenated alkanes) is 4. The minimum atomic E-state index is -0.328. The molecule has 3 atom stereocenters. The zero-order valence-corrected chi connectivity index (χ0v) is 17.0. The van der Waals surface area contributed by atoms with Gasteiger partial charge in [-0.3, -0.25) is 0 Å². The number of hydrogen-bond acceptors (Lipinski definition) is 0. The average molecular weight is 317 g/mol. The Hall–Kier alpha value is 0.350. The zero-order chi connectivity index (χ0) is 16.3. The molecule has 21 heavy (non-hydrogen) atoms. The summed E-state index contributed by atoms with van der Waals surface area (Å²) in [6.07, 6.45) is 20.3. The van der Waals surface area contributed by atoms with Crippen LogP contribution in [-0.4, -0.2) is 24.5 Å². The van der Waals surface area contributed by atoms with E-state index in [-0.39, 0.29) is 10.0 Å². The van der Waals surface area contributed by atoms with E-state index in [2.05, 4.69) is 46.5 Å². The second-order valence-corrected chi connectivity index (χ2v) is 12.6. The first-order valence-corrected chi connectivity index (χ1v) is 12.5. The molecule has 0 aromatic rings. The minimum absolute atomic E-state index is 0.328. The van der Waals surface area contributed by atoms with Crippen molar-refractivity contribution in [3.63, 3.8) is 0 Å². The molecular formula is C20H44S. The van der Waals surface area contributed by atoms with E-state index in [1.54, 1.807) is 0 Å². The van der Waals surface area contributed by atoms with Crippen molar-refractivity contribution in [3.8, 4) is 0 Å².